The molecule has 0 aliphatic heterocycles. The maximum Gasteiger partial charge on any atom is 0.232 e. The van der Waals surface area contributed by atoms with Gasteiger partial charge in [0.05, 0.1) is 20.0 Å². The van der Waals surface area contributed by atoms with E-state index in [9.17, 15) is 12.8 Å². The number of rotatable bonds is 5. The van der Waals surface area contributed by atoms with Crippen LogP contribution in [0.25, 0.3) is 0 Å². The fraction of sp³-hybridized carbons (Fsp3) is 0.400. The molecule has 0 aliphatic carbocycles. The van der Waals surface area contributed by atoms with Crippen molar-refractivity contribution in [1.82, 2.24) is 0 Å². The van der Waals surface area contributed by atoms with Gasteiger partial charge in [-0.3, -0.25) is 0 Å². The molecular weight excluding hydrogens is 271 g/mol. The van der Waals surface area contributed by atoms with Crippen LogP contribution in [0.15, 0.2) is 12.1 Å². The van der Waals surface area contributed by atoms with Gasteiger partial charge in [-0.1, -0.05) is 0 Å². The van der Waals surface area contributed by atoms with E-state index in [2.05, 4.69) is 0 Å². The van der Waals surface area contributed by atoms with Crippen LogP contribution in [0.1, 0.15) is 5.56 Å². The molecular formula is C10H12ClFO4S. The number of hydrogen-bond donors (Lipinski definition) is 0. The van der Waals surface area contributed by atoms with Crippen molar-refractivity contribution in [3.63, 3.8) is 0 Å². The largest absolute Gasteiger partial charge is 0.497 e. The van der Waals surface area contributed by atoms with Crippen LogP contribution in [0.4, 0.5) is 4.39 Å². The summed E-state index contributed by atoms with van der Waals surface area (Å²) < 4.78 is 45.1. The Labute approximate surface area is 104 Å². The first-order valence-electron chi connectivity index (χ1n) is 4.70. The van der Waals surface area contributed by atoms with Crippen LogP contribution in [0.3, 0.4) is 0 Å². The Kier molecular flexibility index (Phi) is 4.59. The molecule has 4 nitrogen and oxygen atoms in total. The summed E-state index contributed by atoms with van der Waals surface area (Å²) >= 11 is 0. The van der Waals surface area contributed by atoms with Crippen molar-refractivity contribution in [2.75, 3.05) is 20.0 Å². The summed E-state index contributed by atoms with van der Waals surface area (Å²) in [7, 11) is 4.18. The van der Waals surface area contributed by atoms with E-state index in [1.54, 1.807) is 0 Å². The highest BCUT2D eigenvalue weighted by Crippen LogP contribution is 2.28. The Bertz CT molecular complexity index is 501. The van der Waals surface area contributed by atoms with Crippen LogP contribution >= 0.6 is 10.7 Å². The second-order valence-electron chi connectivity index (χ2n) is 3.28. The lowest BCUT2D eigenvalue weighted by Crippen LogP contribution is -2.05. The minimum atomic E-state index is -3.66. The van der Waals surface area contributed by atoms with E-state index in [1.165, 1.54) is 26.4 Å². The molecule has 0 fully saturated rings. The minimum absolute atomic E-state index is 0.0508. The third kappa shape index (κ3) is 4.05. The molecule has 1 aromatic carbocycles. The van der Waals surface area contributed by atoms with Crippen LogP contribution in [0, 0.1) is 5.82 Å². The molecule has 0 atom stereocenters. The molecule has 0 bridgehead atoms. The fourth-order valence-electron chi connectivity index (χ4n) is 1.35. The van der Waals surface area contributed by atoms with Crippen LogP contribution in [0.5, 0.6) is 11.5 Å². The van der Waals surface area contributed by atoms with Gasteiger partial charge in [-0.15, -0.1) is 0 Å². The number of ether oxygens (including phenoxy) is 2. The van der Waals surface area contributed by atoms with Crippen LogP contribution in [-0.2, 0) is 15.5 Å². The van der Waals surface area contributed by atoms with Crippen molar-refractivity contribution >= 4 is 19.7 Å². The number of hydrogen-bond acceptors (Lipinski definition) is 4. The van der Waals surface area contributed by atoms with Gasteiger partial charge < -0.3 is 9.47 Å². The van der Waals surface area contributed by atoms with Crippen molar-refractivity contribution in [3.8, 4) is 11.5 Å². The third-order valence-electron chi connectivity index (χ3n) is 2.18. The van der Waals surface area contributed by atoms with Gasteiger partial charge in [-0.25, -0.2) is 12.8 Å². The minimum Gasteiger partial charge on any atom is -0.497 e. The summed E-state index contributed by atoms with van der Waals surface area (Å²) in [6, 6.07) is 2.65. The lowest BCUT2D eigenvalue weighted by Gasteiger charge is -2.11. The van der Waals surface area contributed by atoms with Gasteiger partial charge >= 0.3 is 0 Å². The van der Waals surface area contributed by atoms with Crippen molar-refractivity contribution in [2.24, 2.45) is 0 Å². The summed E-state index contributed by atoms with van der Waals surface area (Å²) in [5.41, 5.74) is 0.164. The van der Waals surface area contributed by atoms with Crippen LogP contribution < -0.4 is 9.47 Å². The molecule has 0 unspecified atom stereocenters. The molecule has 7 heteroatoms. The standard InChI is InChI=1S/C10H12ClFO4S/c1-15-7-5-9(12)8(10(6-7)16-2)3-4-17(11,13)14/h5-6H,3-4H2,1-2H3. The van der Waals surface area contributed by atoms with E-state index in [-0.39, 0.29) is 23.5 Å². The van der Waals surface area contributed by atoms with E-state index in [4.69, 9.17) is 20.2 Å². The van der Waals surface area contributed by atoms with Gasteiger partial charge in [-0.05, 0) is 6.42 Å². The third-order valence-corrected chi connectivity index (χ3v) is 3.33. The van der Waals surface area contributed by atoms with E-state index in [0.717, 1.165) is 0 Å². The van der Waals surface area contributed by atoms with E-state index in [1.807, 2.05) is 0 Å². The Morgan fingerprint density at radius 3 is 2.41 bits per heavy atom. The first-order valence-corrected chi connectivity index (χ1v) is 7.18. The Morgan fingerprint density at radius 2 is 1.94 bits per heavy atom. The van der Waals surface area contributed by atoms with Gasteiger partial charge in [0.15, 0.2) is 0 Å². The maximum absolute atomic E-state index is 13.7. The summed E-state index contributed by atoms with van der Waals surface area (Å²) in [5.74, 6) is -0.394. The highest BCUT2D eigenvalue weighted by atomic mass is 35.7. The van der Waals surface area contributed by atoms with Crippen molar-refractivity contribution in [3.05, 3.63) is 23.5 Å². The molecule has 0 saturated carbocycles. The summed E-state index contributed by atoms with van der Waals surface area (Å²) in [6.07, 6.45) is -0.0508. The zero-order chi connectivity index (χ0) is 13.1. The molecule has 1 rings (SSSR count). The fourth-order valence-corrected chi connectivity index (χ4v) is 2.03. The Balaban J connectivity index is 3.06. The van der Waals surface area contributed by atoms with E-state index in [0.29, 0.717) is 5.75 Å². The quantitative estimate of drug-likeness (QED) is 0.775. The number of benzene rings is 1. The number of halogens is 2. The SMILES string of the molecule is COc1cc(F)c(CCS(=O)(=O)Cl)c(OC)c1. The molecule has 1 aromatic rings. The second kappa shape index (κ2) is 5.55. The molecule has 17 heavy (non-hydrogen) atoms. The lowest BCUT2D eigenvalue weighted by molar-refractivity contribution is 0.384. The first-order chi connectivity index (χ1) is 7.87. The zero-order valence-electron chi connectivity index (χ0n) is 9.37. The first kappa shape index (κ1) is 14.1. The van der Waals surface area contributed by atoms with E-state index >= 15 is 0 Å². The molecule has 0 N–H and O–H groups in total. The second-order valence-corrected chi connectivity index (χ2v) is 6.18. The average Bonchev–Trinajstić information content (AvgIpc) is 2.25. The van der Waals surface area contributed by atoms with Crippen molar-refractivity contribution in [2.45, 2.75) is 6.42 Å². The molecule has 0 aliphatic rings. The monoisotopic (exact) mass is 282 g/mol. The van der Waals surface area contributed by atoms with Crippen LogP contribution in [-0.4, -0.2) is 28.4 Å². The highest BCUT2D eigenvalue weighted by molar-refractivity contribution is 8.13. The van der Waals surface area contributed by atoms with Gasteiger partial charge in [0.2, 0.25) is 9.05 Å². The van der Waals surface area contributed by atoms with Crippen LogP contribution in [0.2, 0.25) is 0 Å². The highest BCUT2D eigenvalue weighted by Gasteiger charge is 2.15. The smallest absolute Gasteiger partial charge is 0.232 e. The van der Waals surface area contributed by atoms with E-state index < -0.39 is 14.9 Å². The Morgan fingerprint density at radius 1 is 1.29 bits per heavy atom. The maximum atomic E-state index is 13.7. The lowest BCUT2D eigenvalue weighted by atomic mass is 10.1. The predicted octanol–water partition coefficient (Wildman–Crippen LogP) is 1.95. The molecule has 0 heterocycles. The molecule has 96 valence electrons. The van der Waals surface area contributed by atoms with Crippen molar-refractivity contribution in [1.29, 1.82) is 0 Å². The molecule has 0 radical (unpaired) electrons. The summed E-state index contributed by atoms with van der Waals surface area (Å²) in [5, 5.41) is 0. The van der Waals surface area contributed by atoms with Gasteiger partial charge in [0.1, 0.15) is 17.3 Å². The Hall–Kier alpha value is -1.01. The zero-order valence-corrected chi connectivity index (χ0v) is 10.9. The predicted molar refractivity (Wildman–Crippen MR) is 62.8 cm³/mol. The van der Waals surface area contributed by atoms with Crippen molar-refractivity contribution < 1.29 is 22.3 Å². The molecule has 0 spiro atoms. The topological polar surface area (TPSA) is 52.6 Å². The summed E-state index contributed by atoms with van der Waals surface area (Å²) in [6.45, 7) is 0. The molecule has 0 amide bonds. The molecule has 0 saturated heterocycles. The molecule has 0 aromatic heterocycles. The van der Waals surface area contributed by atoms with Gasteiger partial charge in [0, 0.05) is 28.4 Å². The van der Waals surface area contributed by atoms with Gasteiger partial charge in [0.25, 0.3) is 0 Å². The summed E-state index contributed by atoms with van der Waals surface area (Å²) in [4.78, 5) is 0. The number of methoxy groups -OCH3 is 2. The normalized spacial score (nSPS) is 11.3. The average molecular weight is 283 g/mol. The van der Waals surface area contributed by atoms with Gasteiger partial charge in [-0.2, -0.15) is 0 Å².